The quantitative estimate of drug-likeness (QED) is 0.854. The number of benzene rings is 1. The zero-order valence-electron chi connectivity index (χ0n) is 17.1. The molecule has 156 valence electrons. The van der Waals surface area contributed by atoms with Gasteiger partial charge in [-0.15, -0.1) is 0 Å². The number of pyridine rings is 1. The minimum Gasteiger partial charge on any atom is -0.378 e. The fourth-order valence-corrected chi connectivity index (χ4v) is 4.58. The fraction of sp³-hybridized carbons (Fsp3) is 0.522. The molecule has 2 aliphatic heterocycles. The SMILES string of the molecule is C[C@@H]1CCCN(c2cc(N3CCOCC3)cc(=O)[nH]2)[C@H](Cc2ccc(F)cc2)C1. The molecule has 2 atom stereocenters. The smallest absolute Gasteiger partial charge is 0.251 e. The minimum atomic E-state index is -0.206. The molecule has 0 radical (unpaired) electrons. The lowest BCUT2D eigenvalue weighted by molar-refractivity contribution is 0.122. The maximum absolute atomic E-state index is 13.3. The Morgan fingerprint density at radius 1 is 1.14 bits per heavy atom. The minimum absolute atomic E-state index is 0.0678. The second-order valence-electron chi connectivity index (χ2n) is 8.35. The standard InChI is InChI=1S/C23H30FN3O2/c1-17-3-2-8-27(21(13-17)14-18-4-6-19(24)7-5-18)22-15-20(16-23(28)25-22)26-9-11-29-12-10-26/h4-7,15-17,21H,2-3,8-14H2,1H3,(H,25,28)/t17-,21+/m1/s1. The molecule has 1 aromatic carbocycles. The van der Waals surface area contributed by atoms with Crippen LogP contribution in [0.3, 0.4) is 0 Å². The number of nitrogens with zero attached hydrogens (tertiary/aromatic N) is 2. The molecular weight excluding hydrogens is 369 g/mol. The average molecular weight is 400 g/mol. The monoisotopic (exact) mass is 399 g/mol. The first-order valence-corrected chi connectivity index (χ1v) is 10.7. The number of ether oxygens (including phenoxy) is 1. The maximum Gasteiger partial charge on any atom is 0.251 e. The predicted molar refractivity (Wildman–Crippen MR) is 114 cm³/mol. The molecule has 0 aliphatic carbocycles. The van der Waals surface area contributed by atoms with Crippen LogP contribution in [0, 0.1) is 11.7 Å². The van der Waals surface area contributed by atoms with Gasteiger partial charge in [0.1, 0.15) is 11.6 Å². The number of halogens is 1. The van der Waals surface area contributed by atoms with Crippen LogP contribution in [0.25, 0.3) is 0 Å². The molecule has 0 spiro atoms. The van der Waals surface area contributed by atoms with Crippen LogP contribution in [0.4, 0.5) is 15.9 Å². The van der Waals surface area contributed by atoms with Crippen molar-refractivity contribution in [1.29, 1.82) is 0 Å². The van der Waals surface area contributed by atoms with E-state index in [9.17, 15) is 9.18 Å². The van der Waals surface area contributed by atoms with Crippen molar-refractivity contribution in [3.63, 3.8) is 0 Å². The first-order valence-electron chi connectivity index (χ1n) is 10.7. The summed E-state index contributed by atoms with van der Waals surface area (Å²) in [6.07, 6.45) is 4.18. The summed E-state index contributed by atoms with van der Waals surface area (Å²) in [4.78, 5) is 20.1. The molecule has 2 aromatic rings. The lowest BCUT2D eigenvalue weighted by atomic mass is 9.94. The highest BCUT2D eigenvalue weighted by Gasteiger charge is 2.26. The van der Waals surface area contributed by atoms with Crippen LogP contribution in [-0.4, -0.2) is 43.9 Å². The number of aromatic nitrogens is 1. The molecule has 6 heteroatoms. The van der Waals surface area contributed by atoms with Gasteiger partial charge >= 0.3 is 0 Å². The van der Waals surface area contributed by atoms with Crippen molar-refractivity contribution in [3.8, 4) is 0 Å². The molecule has 5 nitrogen and oxygen atoms in total. The first-order chi connectivity index (χ1) is 14.1. The van der Waals surface area contributed by atoms with E-state index in [-0.39, 0.29) is 17.4 Å². The van der Waals surface area contributed by atoms with Crippen molar-refractivity contribution >= 4 is 11.5 Å². The third kappa shape index (κ3) is 4.99. The van der Waals surface area contributed by atoms with E-state index in [4.69, 9.17) is 4.74 Å². The molecule has 0 amide bonds. The molecule has 0 bridgehead atoms. The van der Waals surface area contributed by atoms with Crippen molar-refractivity contribution in [2.75, 3.05) is 42.6 Å². The van der Waals surface area contributed by atoms with Gasteiger partial charge in [0.05, 0.1) is 13.2 Å². The second kappa shape index (κ2) is 8.99. The highest BCUT2D eigenvalue weighted by Crippen LogP contribution is 2.29. The summed E-state index contributed by atoms with van der Waals surface area (Å²) in [7, 11) is 0. The number of H-pyrrole nitrogens is 1. The molecule has 4 rings (SSSR count). The van der Waals surface area contributed by atoms with Gasteiger partial charge in [0.25, 0.3) is 5.56 Å². The van der Waals surface area contributed by atoms with Gasteiger partial charge in [0, 0.05) is 43.5 Å². The molecular formula is C23H30FN3O2. The van der Waals surface area contributed by atoms with Crippen molar-refractivity contribution in [1.82, 2.24) is 4.98 Å². The summed E-state index contributed by atoms with van der Waals surface area (Å²) in [5.74, 6) is 1.31. The van der Waals surface area contributed by atoms with E-state index in [1.807, 2.05) is 12.1 Å². The van der Waals surface area contributed by atoms with Crippen molar-refractivity contribution < 1.29 is 9.13 Å². The number of rotatable bonds is 4. The van der Waals surface area contributed by atoms with Gasteiger partial charge in [0.2, 0.25) is 0 Å². The van der Waals surface area contributed by atoms with Crippen LogP contribution < -0.4 is 15.4 Å². The van der Waals surface area contributed by atoms with Crippen molar-refractivity contribution in [3.05, 3.63) is 58.1 Å². The van der Waals surface area contributed by atoms with Crippen LogP contribution in [0.2, 0.25) is 0 Å². The summed E-state index contributed by atoms with van der Waals surface area (Å²) in [6, 6.07) is 10.9. The largest absolute Gasteiger partial charge is 0.378 e. The molecule has 2 aliphatic rings. The molecule has 0 unspecified atom stereocenters. The van der Waals surface area contributed by atoms with Crippen LogP contribution in [0.5, 0.6) is 0 Å². The fourth-order valence-electron chi connectivity index (χ4n) is 4.58. The van der Waals surface area contributed by atoms with Crippen LogP contribution in [0.15, 0.2) is 41.2 Å². The first kappa shape index (κ1) is 20.0. The van der Waals surface area contributed by atoms with Crippen LogP contribution in [-0.2, 0) is 11.2 Å². The Labute approximate surface area is 171 Å². The Bertz CT molecular complexity index is 861. The third-order valence-corrected chi connectivity index (χ3v) is 6.10. The number of nitrogens with one attached hydrogen (secondary N) is 1. The summed E-state index contributed by atoms with van der Waals surface area (Å²) < 4.78 is 18.8. The third-order valence-electron chi connectivity index (χ3n) is 6.10. The van der Waals surface area contributed by atoms with Crippen LogP contribution in [0.1, 0.15) is 31.7 Å². The molecule has 1 N–H and O–H groups in total. The molecule has 2 saturated heterocycles. The molecule has 2 fully saturated rings. The highest BCUT2D eigenvalue weighted by atomic mass is 19.1. The van der Waals surface area contributed by atoms with E-state index in [2.05, 4.69) is 27.8 Å². The van der Waals surface area contributed by atoms with Crippen molar-refractivity contribution in [2.24, 2.45) is 5.92 Å². The summed E-state index contributed by atoms with van der Waals surface area (Å²) in [5.41, 5.74) is 2.02. The number of hydrogen-bond donors (Lipinski definition) is 1. The molecule has 1 aromatic heterocycles. The maximum atomic E-state index is 13.3. The zero-order valence-corrected chi connectivity index (χ0v) is 17.1. The number of anilines is 2. The Morgan fingerprint density at radius 2 is 1.90 bits per heavy atom. The van der Waals surface area contributed by atoms with Gasteiger partial charge in [-0.05, 0) is 49.3 Å². The predicted octanol–water partition coefficient (Wildman–Crippen LogP) is 3.59. The van der Waals surface area contributed by atoms with E-state index in [1.165, 1.54) is 18.6 Å². The van der Waals surface area contributed by atoms with Gasteiger partial charge < -0.3 is 19.5 Å². The van der Waals surface area contributed by atoms with Crippen LogP contribution >= 0.6 is 0 Å². The van der Waals surface area contributed by atoms with Gasteiger partial charge in [-0.25, -0.2) is 4.39 Å². The second-order valence-corrected chi connectivity index (χ2v) is 8.35. The normalized spacial score (nSPS) is 23.1. The Balaban J connectivity index is 1.63. The van der Waals surface area contributed by atoms with Gasteiger partial charge in [-0.3, -0.25) is 4.79 Å². The summed E-state index contributed by atoms with van der Waals surface area (Å²) in [6.45, 7) is 6.21. The van der Waals surface area contributed by atoms with Gasteiger partial charge in [-0.1, -0.05) is 19.1 Å². The molecule has 0 saturated carbocycles. The number of aromatic amines is 1. The summed E-state index contributed by atoms with van der Waals surface area (Å²) >= 11 is 0. The summed E-state index contributed by atoms with van der Waals surface area (Å²) in [5, 5.41) is 0. The number of hydrogen-bond acceptors (Lipinski definition) is 4. The van der Waals surface area contributed by atoms with E-state index in [1.54, 1.807) is 6.07 Å². The number of morpholine rings is 1. The van der Waals surface area contributed by atoms with E-state index in [0.717, 1.165) is 56.0 Å². The Hall–Kier alpha value is -2.34. The molecule has 29 heavy (non-hydrogen) atoms. The average Bonchev–Trinajstić information content (AvgIpc) is 2.91. The van der Waals surface area contributed by atoms with E-state index >= 15 is 0 Å². The van der Waals surface area contributed by atoms with Crippen molar-refractivity contribution in [2.45, 2.75) is 38.6 Å². The van der Waals surface area contributed by atoms with E-state index in [0.29, 0.717) is 19.1 Å². The van der Waals surface area contributed by atoms with E-state index < -0.39 is 0 Å². The zero-order chi connectivity index (χ0) is 20.2. The topological polar surface area (TPSA) is 48.6 Å². The van der Waals surface area contributed by atoms with Gasteiger partial charge in [-0.2, -0.15) is 0 Å². The molecule has 3 heterocycles. The lowest BCUT2D eigenvalue weighted by Crippen LogP contribution is -2.40. The Kier molecular flexibility index (Phi) is 6.19. The van der Waals surface area contributed by atoms with Gasteiger partial charge in [0.15, 0.2) is 0 Å². The Morgan fingerprint density at radius 3 is 2.66 bits per heavy atom. The highest BCUT2D eigenvalue weighted by molar-refractivity contribution is 5.56. The lowest BCUT2D eigenvalue weighted by Gasteiger charge is -2.34.